The first-order valence-electron chi connectivity index (χ1n) is 25.8. The summed E-state index contributed by atoms with van der Waals surface area (Å²) in [6, 6.07) is 0. The molecule has 0 aromatic rings. The van der Waals surface area contributed by atoms with Gasteiger partial charge in [0.25, 0.3) is 0 Å². The number of carbonyl (C=O) groups excluding carboxylic acids is 1. The van der Waals surface area contributed by atoms with Crippen LogP contribution in [0.1, 0.15) is 267 Å². The summed E-state index contributed by atoms with van der Waals surface area (Å²) in [5, 5.41) is 0. The van der Waals surface area contributed by atoms with Crippen LogP contribution in [-0.2, 0) is 9.53 Å². The number of rotatable bonds is 29. The first kappa shape index (κ1) is 47.2. The summed E-state index contributed by atoms with van der Waals surface area (Å²) < 4.78 is 6.21. The van der Waals surface area contributed by atoms with Gasteiger partial charge < -0.3 is 4.74 Å². The van der Waals surface area contributed by atoms with Crippen molar-refractivity contribution in [1.29, 1.82) is 0 Å². The molecule has 55 heavy (non-hydrogen) atoms. The van der Waals surface area contributed by atoms with E-state index in [0.29, 0.717) is 17.3 Å². The Morgan fingerprint density at radius 3 is 1.62 bits per heavy atom. The zero-order valence-electron chi connectivity index (χ0n) is 38.6. The number of esters is 1. The summed E-state index contributed by atoms with van der Waals surface area (Å²) >= 11 is 0. The van der Waals surface area contributed by atoms with E-state index in [1.807, 2.05) is 0 Å². The second-order valence-electron chi connectivity index (χ2n) is 21.6. The average molecular weight is 767 g/mol. The molecule has 322 valence electrons. The highest BCUT2D eigenvalue weighted by Crippen LogP contribution is 2.68. The Bertz CT molecular complexity index is 1020. The molecule has 0 N–H and O–H groups in total. The van der Waals surface area contributed by atoms with Gasteiger partial charge in [0.15, 0.2) is 0 Å². The number of carbonyl (C=O) groups is 1. The Kier molecular flexibility index (Phi) is 21.6. The van der Waals surface area contributed by atoms with Crippen LogP contribution < -0.4 is 0 Å². The van der Waals surface area contributed by atoms with Crippen molar-refractivity contribution in [3.8, 4) is 0 Å². The Hall–Kier alpha value is -0.530. The van der Waals surface area contributed by atoms with Gasteiger partial charge in [-0.05, 0) is 129 Å². The molecule has 0 heterocycles. The van der Waals surface area contributed by atoms with E-state index in [0.717, 1.165) is 66.6 Å². The van der Waals surface area contributed by atoms with E-state index in [4.69, 9.17) is 4.74 Å². The van der Waals surface area contributed by atoms with E-state index in [1.54, 1.807) is 0 Å². The first-order chi connectivity index (χ1) is 26.6. The van der Waals surface area contributed by atoms with Crippen LogP contribution in [0, 0.1) is 58.2 Å². The van der Waals surface area contributed by atoms with Crippen molar-refractivity contribution in [3.05, 3.63) is 0 Å². The molecule has 0 aromatic carbocycles. The minimum absolute atomic E-state index is 0.0956. The minimum Gasteiger partial charge on any atom is -0.462 e. The lowest BCUT2D eigenvalue weighted by molar-refractivity contribution is -0.162. The van der Waals surface area contributed by atoms with Gasteiger partial charge >= 0.3 is 5.97 Å². The third kappa shape index (κ3) is 14.3. The molecule has 4 fully saturated rings. The van der Waals surface area contributed by atoms with Gasteiger partial charge in [0.2, 0.25) is 0 Å². The van der Waals surface area contributed by atoms with Crippen LogP contribution in [0.5, 0.6) is 0 Å². The van der Waals surface area contributed by atoms with Gasteiger partial charge in [-0.2, -0.15) is 0 Å². The highest BCUT2D eigenvalue weighted by atomic mass is 16.5. The average Bonchev–Trinajstić information content (AvgIpc) is 3.53. The van der Waals surface area contributed by atoms with Crippen LogP contribution in [-0.4, -0.2) is 12.1 Å². The summed E-state index contributed by atoms with van der Waals surface area (Å²) in [5.74, 6) is 7.20. The van der Waals surface area contributed by atoms with Crippen molar-refractivity contribution in [2.75, 3.05) is 0 Å². The second kappa shape index (κ2) is 25.2. The number of fused-ring (bicyclic) bond motifs is 5. The van der Waals surface area contributed by atoms with Crippen molar-refractivity contribution < 1.29 is 9.53 Å². The van der Waals surface area contributed by atoms with Crippen molar-refractivity contribution in [2.24, 2.45) is 58.2 Å². The van der Waals surface area contributed by atoms with E-state index >= 15 is 0 Å². The molecule has 0 saturated heterocycles. The lowest BCUT2D eigenvalue weighted by Crippen LogP contribution is -2.54. The van der Waals surface area contributed by atoms with Crippen LogP contribution in [0.15, 0.2) is 0 Å². The summed E-state index contributed by atoms with van der Waals surface area (Å²) in [7, 11) is 0. The third-order valence-corrected chi connectivity index (χ3v) is 17.6. The van der Waals surface area contributed by atoms with Crippen LogP contribution in [0.2, 0.25) is 0 Å². The van der Waals surface area contributed by atoms with Gasteiger partial charge in [-0.1, -0.05) is 190 Å². The van der Waals surface area contributed by atoms with Gasteiger partial charge in [-0.15, -0.1) is 0 Å². The molecule has 2 heteroatoms. The highest BCUT2D eigenvalue weighted by molar-refractivity contribution is 5.69. The normalized spacial score (nSPS) is 31.5. The topological polar surface area (TPSA) is 26.3 Å². The summed E-state index contributed by atoms with van der Waals surface area (Å²) in [6.07, 6.45) is 46.6. The number of unbranched alkanes of at least 4 members (excludes halogenated alkanes) is 20. The quantitative estimate of drug-likeness (QED) is 0.0560. The predicted octanol–water partition coefficient (Wildman–Crippen LogP) is 17.3. The molecular formula is C53H98O2. The summed E-state index contributed by atoms with van der Waals surface area (Å²) in [4.78, 5) is 12.9. The van der Waals surface area contributed by atoms with E-state index in [-0.39, 0.29) is 12.1 Å². The fourth-order valence-electron chi connectivity index (χ4n) is 13.9. The lowest BCUT2D eigenvalue weighted by atomic mass is 9.44. The standard InChI is InChI=1S/C53H98O2/c1-8-10-11-12-13-14-15-16-17-18-19-20-21-22-23-24-25-26-27-28-29-30-51(54)55-46-37-39-52(6)45(41-46)33-34-47-49-36-35-48(53(49,7)40-38-50(47)52)43(5)31-32-44(9-2)42(3)4/h42-50H,8-41H2,1-7H3/t43-,44-,45?,46?,47+,48-,49+,50+,52+,53-/m1/s1. The van der Waals surface area contributed by atoms with Gasteiger partial charge in [0, 0.05) is 6.42 Å². The molecule has 4 saturated carbocycles. The molecule has 0 aromatic heterocycles. The monoisotopic (exact) mass is 767 g/mol. The predicted molar refractivity (Wildman–Crippen MR) is 239 cm³/mol. The molecule has 4 aliphatic carbocycles. The maximum Gasteiger partial charge on any atom is 0.306 e. The Balaban J connectivity index is 1.01. The van der Waals surface area contributed by atoms with Crippen LogP contribution in [0.4, 0.5) is 0 Å². The fourth-order valence-corrected chi connectivity index (χ4v) is 13.9. The molecule has 4 aliphatic rings. The Morgan fingerprint density at radius 2 is 1.09 bits per heavy atom. The van der Waals surface area contributed by atoms with Crippen LogP contribution in [0.3, 0.4) is 0 Å². The fraction of sp³-hybridized carbons (Fsp3) is 0.981. The smallest absolute Gasteiger partial charge is 0.306 e. The molecule has 10 atom stereocenters. The van der Waals surface area contributed by atoms with Crippen molar-refractivity contribution in [2.45, 2.75) is 273 Å². The van der Waals surface area contributed by atoms with E-state index in [2.05, 4.69) is 48.5 Å². The van der Waals surface area contributed by atoms with E-state index in [1.165, 1.54) is 193 Å². The zero-order valence-corrected chi connectivity index (χ0v) is 38.6. The Labute approximate surface area is 345 Å². The number of hydrogen-bond donors (Lipinski definition) is 0. The van der Waals surface area contributed by atoms with Crippen molar-refractivity contribution >= 4 is 5.97 Å². The molecule has 0 aliphatic heterocycles. The maximum absolute atomic E-state index is 12.9. The van der Waals surface area contributed by atoms with Gasteiger partial charge in [0.1, 0.15) is 6.10 Å². The molecule has 2 unspecified atom stereocenters. The van der Waals surface area contributed by atoms with Gasteiger partial charge in [-0.25, -0.2) is 0 Å². The highest BCUT2D eigenvalue weighted by Gasteiger charge is 2.60. The molecule has 0 amide bonds. The molecule has 0 spiro atoms. The van der Waals surface area contributed by atoms with Crippen molar-refractivity contribution in [3.63, 3.8) is 0 Å². The van der Waals surface area contributed by atoms with Gasteiger partial charge in [-0.3, -0.25) is 4.79 Å². The molecule has 0 bridgehead atoms. The zero-order chi connectivity index (χ0) is 39.5. The van der Waals surface area contributed by atoms with Crippen LogP contribution in [0.25, 0.3) is 0 Å². The third-order valence-electron chi connectivity index (χ3n) is 17.6. The largest absolute Gasteiger partial charge is 0.462 e. The molecule has 2 nitrogen and oxygen atoms in total. The van der Waals surface area contributed by atoms with Crippen LogP contribution >= 0.6 is 0 Å². The number of ether oxygens (including phenoxy) is 1. The molecule has 0 radical (unpaired) electrons. The second-order valence-corrected chi connectivity index (χ2v) is 21.6. The SMILES string of the molecule is CCCCCCCCCCCCCCCCCCCCCCCC(=O)OC1CC[C@@]2(C)C(CC[C@H]3[C@@H]4CC[C@H]([C@H](C)CC[C@@H](CC)C(C)C)[C@@]4(C)CC[C@@H]32)C1. The van der Waals surface area contributed by atoms with Gasteiger partial charge in [0.05, 0.1) is 0 Å². The lowest BCUT2D eigenvalue weighted by Gasteiger charge is -2.61. The summed E-state index contributed by atoms with van der Waals surface area (Å²) in [6.45, 7) is 17.6. The van der Waals surface area contributed by atoms with E-state index in [9.17, 15) is 4.79 Å². The first-order valence-corrected chi connectivity index (χ1v) is 25.8. The molecule has 4 rings (SSSR count). The molecular weight excluding hydrogens is 669 g/mol. The van der Waals surface area contributed by atoms with E-state index < -0.39 is 0 Å². The maximum atomic E-state index is 12.9. The Morgan fingerprint density at radius 1 is 0.582 bits per heavy atom. The summed E-state index contributed by atoms with van der Waals surface area (Å²) in [5.41, 5.74) is 1.04. The minimum atomic E-state index is 0.0956. The number of hydrogen-bond acceptors (Lipinski definition) is 2. The van der Waals surface area contributed by atoms with Crippen molar-refractivity contribution in [1.82, 2.24) is 0 Å².